The number of H-pyrrole nitrogens is 1. The van der Waals surface area contributed by atoms with Gasteiger partial charge >= 0.3 is 0 Å². The zero-order chi connectivity index (χ0) is 18.9. The van der Waals surface area contributed by atoms with Gasteiger partial charge in [0.15, 0.2) is 0 Å². The normalized spacial score (nSPS) is 22.0. The minimum atomic E-state index is -0.457. The van der Waals surface area contributed by atoms with Crippen LogP contribution in [0.2, 0.25) is 0 Å². The van der Waals surface area contributed by atoms with E-state index in [0.29, 0.717) is 26.1 Å². The van der Waals surface area contributed by atoms with Gasteiger partial charge in [-0.15, -0.1) is 0 Å². The summed E-state index contributed by atoms with van der Waals surface area (Å²) >= 11 is 0. The highest BCUT2D eigenvalue weighted by Gasteiger charge is 2.51. The molecule has 1 N–H and O–H groups in total. The highest BCUT2D eigenvalue weighted by atomic mass is 16.2. The van der Waals surface area contributed by atoms with Gasteiger partial charge in [0, 0.05) is 32.2 Å². The first-order valence-electron chi connectivity index (χ1n) is 9.39. The van der Waals surface area contributed by atoms with Crippen molar-refractivity contribution in [3.8, 4) is 0 Å². The first-order chi connectivity index (χ1) is 13.1. The maximum absolute atomic E-state index is 13.0. The number of amides is 2. The second-order valence-corrected chi connectivity index (χ2v) is 7.46. The Labute approximate surface area is 157 Å². The van der Waals surface area contributed by atoms with Crippen LogP contribution in [0.3, 0.4) is 0 Å². The molecule has 27 heavy (non-hydrogen) atoms. The molecule has 1 aromatic carbocycles. The van der Waals surface area contributed by atoms with Crippen LogP contribution in [0, 0.1) is 5.41 Å². The molecule has 2 aliphatic rings. The lowest BCUT2D eigenvalue weighted by atomic mass is 9.85. The minimum absolute atomic E-state index is 0.162. The average Bonchev–Trinajstić information content (AvgIpc) is 3.26. The molecule has 4 rings (SSSR count). The molecule has 2 aliphatic heterocycles. The second-order valence-electron chi connectivity index (χ2n) is 7.46. The molecule has 0 saturated carbocycles. The van der Waals surface area contributed by atoms with Gasteiger partial charge in [-0.05, 0) is 30.9 Å². The molecule has 1 unspecified atom stereocenters. The zero-order valence-electron chi connectivity index (χ0n) is 15.2. The van der Waals surface area contributed by atoms with Crippen LogP contribution in [0.1, 0.15) is 28.9 Å². The summed E-state index contributed by atoms with van der Waals surface area (Å²) in [5.41, 5.74) is 0.758. The molecule has 0 radical (unpaired) electrons. The number of aromatic nitrogens is 1. The van der Waals surface area contributed by atoms with E-state index in [9.17, 15) is 14.4 Å². The zero-order valence-corrected chi connectivity index (χ0v) is 15.2. The fourth-order valence-electron chi connectivity index (χ4n) is 4.18. The summed E-state index contributed by atoms with van der Waals surface area (Å²) in [6, 6.07) is 14.7. The van der Waals surface area contributed by atoms with E-state index in [2.05, 4.69) is 17.1 Å². The number of rotatable bonds is 4. The second kappa shape index (κ2) is 7.02. The summed E-state index contributed by atoms with van der Waals surface area (Å²) in [6.07, 6.45) is 2.32. The van der Waals surface area contributed by atoms with Crippen molar-refractivity contribution in [1.29, 1.82) is 0 Å². The number of benzene rings is 1. The summed E-state index contributed by atoms with van der Waals surface area (Å²) in [5.74, 6) is -0.0459. The van der Waals surface area contributed by atoms with E-state index in [1.807, 2.05) is 23.1 Å². The Morgan fingerprint density at radius 3 is 2.56 bits per heavy atom. The Bertz CT molecular complexity index is 908. The lowest BCUT2D eigenvalue weighted by Gasteiger charge is -2.23. The van der Waals surface area contributed by atoms with Crippen LogP contribution in [-0.4, -0.2) is 52.8 Å². The standard InChI is InChI=1S/C21H23N3O3/c25-18-8-4-7-17(22-18)19(26)24-14-11-21(15-24)10-13-23(20(21)27)12-9-16-5-2-1-3-6-16/h1-8H,9-15H2,(H,22,25). The fraction of sp³-hybridized carbons (Fsp3) is 0.381. The molecule has 0 aliphatic carbocycles. The minimum Gasteiger partial charge on any atom is -0.342 e. The summed E-state index contributed by atoms with van der Waals surface area (Å²) in [6.45, 7) is 2.44. The van der Waals surface area contributed by atoms with Gasteiger partial charge in [0.1, 0.15) is 5.69 Å². The van der Waals surface area contributed by atoms with Crippen molar-refractivity contribution >= 4 is 11.8 Å². The molecule has 140 valence electrons. The number of likely N-dealkylation sites (tertiary alicyclic amines) is 2. The molecule has 3 heterocycles. The number of carbonyl (C=O) groups is 2. The third-order valence-corrected chi connectivity index (χ3v) is 5.75. The Kier molecular flexibility index (Phi) is 4.56. The van der Waals surface area contributed by atoms with Crippen LogP contribution in [0.25, 0.3) is 0 Å². The molecule has 6 heteroatoms. The topological polar surface area (TPSA) is 73.5 Å². The van der Waals surface area contributed by atoms with Crippen LogP contribution in [0.5, 0.6) is 0 Å². The first-order valence-corrected chi connectivity index (χ1v) is 9.39. The fourth-order valence-corrected chi connectivity index (χ4v) is 4.18. The summed E-state index contributed by atoms with van der Waals surface area (Å²) in [5, 5.41) is 0. The number of pyridine rings is 1. The molecule has 6 nitrogen and oxygen atoms in total. The molecule has 2 fully saturated rings. The van der Waals surface area contributed by atoms with Gasteiger partial charge in [-0.2, -0.15) is 0 Å². The van der Waals surface area contributed by atoms with Crippen molar-refractivity contribution in [3.05, 3.63) is 70.1 Å². The number of nitrogens with zero attached hydrogens (tertiary/aromatic N) is 2. The van der Waals surface area contributed by atoms with Crippen molar-refractivity contribution < 1.29 is 9.59 Å². The van der Waals surface area contributed by atoms with Crippen LogP contribution in [0.15, 0.2) is 53.3 Å². The van der Waals surface area contributed by atoms with E-state index in [-0.39, 0.29) is 23.1 Å². The molecule has 1 spiro atoms. The quantitative estimate of drug-likeness (QED) is 0.896. The van der Waals surface area contributed by atoms with Gasteiger partial charge < -0.3 is 14.8 Å². The van der Waals surface area contributed by atoms with E-state index in [0.717, 1.165) is 19.4 Å². The highest BCUT2D eigenvalue weighted by molar-refractivity contribution is 5.94. The Hall–Kier alpha value is -2.89. The van der Waals surface area contributed by atoms with Crippen molar-refractivity contribution in [2.75, 3.05) is 26.2 Å². The molecule has 2 aromatic rings. The van der Waals surface area contributed by atoms with Crippen molar-refractivity contribution in [2.24, 2.45) is 5.41 Å². The smallest absolute Gasteiger partial charge is 0.270 e. The van der Waals surface area contributed by atoms with Gasteiger partial charge in [-0.1, -0.05) is 36.4 Å². The monoisotopic (exact) mass is 365 g/mol. The largest absolute Gasteiger partial charge is 0.342 e. The Morgan fingerprint density at radius 2 is 1.78 bits per heavy atom. The SMILES string of the molecule is O=C(c1cccc(=O)[nH]1)N1CCC2(CCN(CCc3ccccc3)C2=O)C1. The highest BCUT2D eigenvalue weighted by Crippen LogP contribution is 2.41. The molecule has 0 bridgehead atoms. The Balaban J connectivity index is 1.40. The van der Waals surface area contributed by atoms with Gasteiger partial charge in [0.25, 0.3) is 5.91 Å². The number of hydrogen-bond acceptors (Lipinski definition) is 3. The van der Waals surface area contributed by atoms with E-state index in [4.69, 9.17) is 0 Å². The van der Waals surface area contributed by atoms with Gasteiger partial charge in [-0.25, -0.2) is 0 Å². The van der Waals surface area contributed by atoms with E-state index in [1.165, 1.54) is 11.6 Å². The van der Waals surface area contributed by atoms with Crippen molar-refractivity contribution in [2.45, 2.75) is 19.3 Å². The number of hydrogen-bond donors (Lipinski definition) is 1. The van der Waals surface area contributed by atoms with Crippen molar-refractivity contribution in [3.63, 3.8) is 0 Å². The number of nitrogens with one attached hydrogen (secondary N) is 1. The lowest BCUT2D eigenvalue weighted by Crippen LogP contribution is -2.39. The van der Waals surface area contributed by atoms with E-state index < -0.39 is 5.41 Å². The molecule has 1 aromatic heterocycles. The molecular weight excluding hydrogens is 342 g/mol. The van der Waals surface area contributed by atoms with E-state index >= 15 is 0 Å². The molecule has 1 atom stereocenters. The van der Waals surface area contributed by atoms with Crippen LogP contribution in [-0.2, 0) is 11.2 Å². The molecular formula is C21H23N3O3. The van der Waals surface area contributed by atoms with Crippen LogP contribution >= 0.6 is 0 Å². The van der Waals surface area contributed by atoms with Gasteiger partial charge in [0.05, 0.1) is 5.41 Å². The third kappa shape index (κ3) is 3.39. The summed E-state index contributed by atoms with van der Waals surface area (Å²) in [4.78, 5) is 43.4. The maximum atomic E-state index is 13.0. The number of aromatic amines is 1. The molecule has 2 saturated heterocycles. The predicted molar refractivity (Wildman–Crippen MR) is 101 cm³/mol. The lowest BCUT2D eigenvalue weighted by molar-refractivity contribution is -0.135. The summed E-state index contributed by atoms with van der Waals surface area (Å²) in [7, 11) is 0. The maximum Gasteiger partial charge on any atom is 0.270 e. The predicted octanol–water partition coefficient (Wildman–Crippen LogP) is 1.68. The van der Waals surface area contributed by atoms with Crippen LogP contribution in [0.4, 0.5) is 0 Å². The van der Waals surface area contributed by atoms with Crippen LogP contribution < -0.4 is 5.56 Å². The first kappa shape index (κ1) is 17.5. The van der Waals surface area contributed by atoms with Gasteiger partial charge in [0.2, 0.25) is 11.5 Å². The Morgan fingerprint density at radius 1 is 1.00 bits per heavy atom. The number of carbonyl (C=O) groups excluding carboxylic acids is 2. The van der Waals surface area contributed by atoms with Crippen molar-refractivity contribution in [1.82, 2.24) is 14.8 Å². The average molecular weight is 365 g/mol. The third-order valence-electron chi connectivity index (χ3n) is 5.75. The van der Waals surface area contributed by atoms with E-state index in [1.54, 1.807) is 17.0 Å². The van der Waals surface area contributed by atoms with Gasteiger partial charge in [-0.3, -0.25) is 14.4 Å². The molecule has 2 amide bonds. The summed E-state index contributed by atoms with van der Waals surface area (Å²) < 4.78 is 0.